The lowest BCUT2D eigenvalue weighted by molar-refractivity contribution is -0.113. The third-order valence-corrected chi connectivity index (χ3v) is 7.18. The van der Waals surface area contributed by atoms with E-state index >= 15 is 0 Å². The lowest BCUT2D eigenvalue weighted by Gasteiger charge is -2.08. The number of aryl methyl sites for hydroxylation is 3. The smallest absolute Gasteiger partial charge is 0.236 e. The Morgan fingerprint density at radius 1 is 1.19 bits per heavy atom. The fourth-order valence-corrected chi connectivity index (χ4v) is 5.30. The van der Waals surface area contributed by atoms with Gasteiger partial charge < -0.3 is 9.84 Å². The van der Waals surface area contributed by atoms with Crippen LogP contribution in [0, 0.1) is 20.8 Å². The molecule has 4 heterocycles. The lowest BCUT2D eigenvalue weighted by atomic mass is 10.1. The van der Waals surface area contributed by atoms with Gasteiger partial charge in [-0.3, -0.25) is 9.20 Å². The Morgan fingerprint density at radius 2 is 2.00 bits per heavy atom. The van der Waals surface area contributed by atoms with Crippen molar-refractivity contribution in [3.05, 3.63) is 64.0 Å². The molecule has 0 saturated carbocycles. The van der Waals surface area contributed by atoms with Crippen molar-refractivity contribution in [1.29, 1.82) is 0 Å². The van der Waals surface area contributed by atoms with Crippen LogP contribution < -0.4 is 5.32 Å². The number of nitrogens with one attached hydrogen (secondary N) is 1. The molecular weight excluding hydrogens is 444 g/mol. The van der Waals surface area contributed by atoms with E-state index in [1.807, 2.05) is 22.6 Å². The van der Waals surface area contributed by atoms with Gasteiger partial charge in [0, 0.05) is 17.4 Å². The predicted octanol–water partition coefficient (Wildman–Crippen LogP) is 4.57. The number of nitrogens with zero attached hydrogens (tertiary/aromatic N) is 5. The van der Waals surface area contributed by atoms with Crippen molar-refractivity contribution in [3.8, 4) is 0 Å². The van der Waals surface area contributed by atoms with Gasteiger partial charge in [-0.25, -0.2) is 4.98 Å². The minimum Gasteiger partial charge on any atom is -0.360 e. The van der Waals surface area contributed by atoms with Crippen LogP contribution in [0.5, 0.6) is 0 Å². The van der Waals surface area contributed by atoms with E-state index in [0.717, 1.165) is 32.8 Å². The highest BCUT2D eigenvalue weighted by atomic mass is 32.2. The largest absolute Gasteiger partial charge is 0.360 e. The molecule has 10 heteroatoms. The zero-order chi connectivity index (χ0) is 22.2. The Labute approximate surface area is 192 Å². The number of amides is 1. The van der Waals surface area contributed by atoms with Gasteiger partial charge in [-0.05, 0) is 31.9 Å². The molecule has 4 aromatic heterocycles. The first-order valence-corrected chi connectivity index (χ1v) is 11.8. The molecule has 0 atom stereocenters. The van der Waals surface area contributed by atoms with E-state index in [9.17, 15) is 4.79 Å². The molecule has 5 rings (SSSR count). The number of hydrogen-bond donors (Lipinski definition) is 1. The second-order valence-corrected chi connectivity index (χ2v) is 9.60. The first-order chi connectivity index (χ1) is 15.5. The van der Waals surface area contributed by atoms with E-state index in [0.29, 0.717) is 23.2 Å². The number of thioether (sulfide) groups is 1. The van der Waals surface area contributed by atoms with Crippen LogP contribution in [-0.4, -0.2) is 36.4 Å². The summed E-state index contributed by atoms with van der Waals surface area (Å²) in [5.41, 5.74) is 3.09. The first-order valence-electron chi connectivity index (χ1n) is 10.0. The summed E-state index contributed by atoms with van der Waals surface area (Å²) in [6.07, 6.45) is 0.638. The maximum absolute atomic E-state index is 12.4. The molecular formula is C22H20N6O2S2. The molecule has 0 spiro atoms. The monoisotopic (exact) mass is 464 g/mol. The lowest BCUT2D eigenvalue weighted by Crippen LogP contribution is -2.14. The molecule has 32 heavy (non-hydrogen) atoms. The number of thiophene rings is 1. The van der Waals surface area contributed by atoms with Gasteiger partial charge >= 0.3 is 0 Å². The molecule has 5 aromatic rings. The fourth-order valence-electron chi connectivity index (χ4n) is 3.51. The average Bonchev–Trinajstić information content (AvgIpc) is 3.45. The van der Waals surface area contributed by atoms with E-state index in [1.54, 1.807) is 24.3 Å². The Kier molecular flexibility index (Phi) is 5.40. The summed E-state index contributed by atoms with van der Waals surface area (Å²) in [6.45, 7) is 5.95. The van der Waals surface area contributed by atoms with E-state index in [1.165, 1.54) is 16.6 Å². The van der Waals surface area contributed by atoms with Crippen LogP contribution in [0.3, 0.4) is 0 Å². The van der Waals surface area contributed by atoms with E-state index in [2.05, 4.69) is 46.7 Å². The number of rotatable bonds is 6. The molecule has 0 aliphatic heterocycles. The summed E-state index contributed by atoms with van der Waals surface area (Å²) >= 11 is 2.99. The maximum atomic E-state index is 12.4. The van der Waals surface area contributed by atoms with Gasteiger partial charge in [-0.2, -0.15) is 0 Å². The van der Waals surface area contributed by atoms with Crippen LogP contribution in [-0.2, 0) is 11.2 Å². The number of fused-ring (bicyclic) bond motifs is 3. The van der Waals surface area contributed by atoms with E-state index in [-0.39, 0.29) is 11.7 Å². The van der Waals surface area contributed by atoms with E-state index in [4.69, 9.17) is 9.51 Å². The topological polar surface area (TPSA) is 98.2 Å². The molecule has 0 unspecified atom stereocenters. The summed E-state index contributed by atoms with van der Waals surface area (Å²) in [7, 11) is 0. The van der Waals surface area contributed by atoms with Gasteiger partial charge in [0.25, 0.3) is 0 Å². The molecule has 0 bridgehead atoms. The van der Waals surface area contributed by atoms with E-state index < -0.39 is 0 Å². The quantitative estimate of drug-likeness (QED) is 0.367. The third-order valence-electron chi connectivity index (χ3n) is 5.15. The van der Waals surface area contributed by atoms with Crippen molar-refractivity contribution in [3.63, 3.8) is 0 Å². The van der Waals surface area contributed by atoms with Gasteiger partial charge in [0.2, 0.25) is 5.91 Å². The molecule has 8 nitrogen and oxygen atoms in total. The SMILES string of the molecule is Cc1cc(NC(=O)CSc2nnc3c4c(C)c(C)sc4nc(Cc4ccccc4)n23)no1. The Balaban J connectivity index is 1.51. The van der Waals surface area contributed by atoms with Crippen molar-refractivity contribution >= 4 is 50.7 Å². The summed E-state index contributed by atoms with van der Waals surface area (Å²) in [5.74, 6) is 1.85. The number of benzene rings is 1. The van der Waals surface area contributed by atoms with Crippen LogP contribution in [0.2, 0.25) is 0 Å². The number of carbonyl (C=O) groups is 1. The minimum absolute atomic E-state index is 0.164. The highest BCUT2D eigenvalue weighted by molar-refractivity contribution is 7.99. The molecule has 0 radical (unpaired) electrons. The van der Waals surface area contributed by atoms with Crippen LogP contribution in [0.15, 0.2) is 46.1 Å². The normalized spacial score (nSPS) is 11.5. The molecule has 1 N–H and O–H groups in total. The fraction of sp³-hybridized carbons (Fsp3) is 0.227. The van der Waals surface area contributed by atoms with Gasteiger partial charge in [-0.1, -0.05) is 47.3 Å². The summed E-state index contributed by atoms with van der Waals surface area (Å²) in [5, 5.41) is 17.1. The molecule has 0 aliphatic rings. The summed E-state index contributed by atoms with van der Waals surface area (Å²) in [4.78, 5) is 19.6. The molecule has 0 saturated heterocycles. The van der Waals surface area contributed by atoms with Crippen molar-refractivity contribution in [1.82, 2.24) is 24.7 Å². The van der Waals surface area contributed by atoms with Gasteiger partial charge in [0.1, 0.15) is 16.4 Å². The zero-order valence-corrected chi connectivity index (χ0v) is 19.4. The van der Waals surface area contributed by atoms with Crippen LogP contribution in [0.25, 0.3) is 15.9 Å². The van der Waals surface area contributed by atoms with Crippen molar-refractivity contribution in [2.75, 3.05) is 11.1 Å². The number of anilines is 1. The zero-order valence-electron chi connectivity index (χ0n) is 17.7. The van der Waals surface area contributed by atoms with Crippen LogP contribution in [0.1, 0.15) is 27.6 Å². The first kappa shape index (κ1) is 20.7. The molecule has 162 valence electrons. The summed E-state index contributed by atoms with van der Waals surface area (Å²) in [6, 6.07) is 11.9. The minimum atomic E-state index is -0.193. The Hall–Kier alpha value is -3.24. The Morgan fingerprint density at radius 3 is 2.75 bits per heavy atom. The Bertz CT molecular complexity index is 1440. The maximum Gasteiger partial charge on any atom is 0.236 e. The second-order valence-electron chi connectivity index (χ2n) is 7.46. The highest BCUT2D eigenvalue weighted by Crippen LogP contribution is 2.33. The van der Waals surface area contributed by atoms with Crippen LogP contribution in [0.4, 0.5) is 5.82 Å². The number of carbonyl (C=O) groups excluding carboxylic acids is 1. The standard InChI is InChI=1S/C22H20N6O2S2/c1-12-9-16(27-30-12)23-18(29)11-31-22-26-25-20-19-13(2)14(3)32-21(19)24-17(28(20)22)10-15-7-5-4-6-8-15/h4-9H,10-11H2,1-3H3,(H,23,27,29). The molecule has 1 amide bonds. The number of hydrogen-bond acceptors (Lipinski definition) is 8. The highest BCUT2D eigenvalue weighted by Gasteiger charge is 2.20. The van der Waals surface area contributed by atoms with Crippen molar-refractivity contribution in [2.24, 2.45) is 0 Å². The van der Waals surface area contributed by atoms with Gasteiger partial charge in [0.15, 0.2) is 16.6 Å². The van der Waals surface area contributed by atoms with Crippen molar-refractivity contribution in [2.45, 2.75) is 32.3 Å². The van der Waals surface area contributed by atoms with Gasteiger partial charge in [-0.15, -0.1) is 21.5 Å². The molecule has 0 aliphatic carbocycles. The predicted molar refractivity (Wildman–Crippen MR) is 125 cm³/mol. The van der Waals surface area contributed by atoms with Gasteiger partial charge in [0.05, 0.1) is 11.1 Å². The summed E-state index contributed by atoms with van der Waals surface area (Å²) < 4.78 is 6.97. The molecule has 0 fully saturated rings. The van der Waals surface area contributed by atoms with Crippen LogP contribution >= 0.6 is 23.1 Å². The molecule has 1 aromatic carbocycles. The average molecular weight is 465 g/mol. The van der Waals surface area contributed by atoms with Crippen molar-refractivity contribution < 1.29 is 9.32 Å². The number of aromatic nitrogens is 5. The second kappa shape index (κ2) is 8.36. The third kappa shape index (κ3) is 3.87.